The molecule has 2 heterocycles. The fourth-order valence-electron chi connectivity index (χ4n) is 2.37. The second kappa shape index (κ2) is 6.29. The van der Waals surface area contributed by atoms with E-state index in [2.05, 4.69) is 10.1 Å². The molecule has 0 bridgehead atoms. The Morgan fingerprint density at radius 3 is 2.83 bits per heavy atom. The van der Waals surface area contributed by atoms with Crippen molar-refractivity contribution in [3.05, 3.63) is 45.7 Å². The number of fused-ring (bicyclic) bond motifs is 1. The fraction of sp³-hybridized carbons (Fsp3) is 0.312. The van der Waals surface area contributed by atoms with Crippen LogP contribution in [0.25, 0.3) is 10.2 Å². The summed E-state index contributed by atoms with van der Waals surface area (Å²) in [6, 6.07) is 7.86. The number of esters is 1. The van der Waals surface area contributed by atoms with Crippen molar-refractivity contribution in [2.45, 2.75) is 26.4 Å². The summed E-state index contributed by atoms with van der Waals surface area (Å²) in [7, 11) is 1.74. The molecule has 3 aromatic rings. The molecule has 0 saturated heterocycles. The number of para-hydroxylation sites is 1. The lowest BCUT2D eigenvalue weighted by Crippen LogP contribution is -2.12. The average Bonchev–Trinajstić information content (AvgIpc) is 3.04. The zero-order valence-electron chi connectivity index (χ0n) is 13.0. The lowest BCUT2D eigenvalue weighted by atomic mass is 10.2. The Kier molecular flexibility index (Phi) is 4.37. The van der Waals surface area contributed by atoms with Gasteiger partial charge in [-0.2, -0.15) is 5.10 Å². The molecule has 0 aliphatic carbocycles. The van der Waals surface area contributed by atoms with Crippen LogP contribution in [0.3, 0.4) is 0 Å². The van der Waals surface area contributed by atoms with E-state index in [1.54, 1.807) is 11.7 Å². The van der Waals surface area contributed by atoms with E-state index >= 15 is 0 Å². The monoisotopic (exact) mass is 349 g/mol. The van der Waals surface area contributed by atoms with Crippen LogP contribution in [0.15, 0.2) is 24.3 Å². The molecule has 0 fully saturated rings. The highest BCUT2D eigenvalue weighted by Gasteiger charge is 2.20. The van der Waals surface area contributed by atoms with Crippen molar-refractivity contribution in [2.24, 2.45) is 7.05 Å². The number of halogens is 1. The van der Waals surface area contributed by atoms with Crippen molar-refractivity contribution in [1.29, 1.82) is 0 Å². The molecule has 1 aromatic carbocycles. The van der Waals surface area contributed by atoms with Gasteiger partial charge in [-0.05, 0) is 26.0 Å². The Morgan fingerprint density at radius 2 is 2.17 bits per heavy atom. The Labute approximate surface area is 142 Å². The highest BCUT2D eigenvalue weighted by Crippen LogP contribution is 2.28. The number of nitrogens with zero attached hydrogens (tertiary/aromatic N) is 3. The Bertz CT molecular complexity index is 838. The minimum absolute atomic E-state index is 0.105. The van der Waals surface area contributed by atoms with Gasteiger partial charge in [-0.1, -0.05) is 23.7 Å². The molecule has 5 nitrogen and oxygen atoms in total. The highest BCUT2D eigenvalue weighted by atomic mass is 35.5. The van der Waals surface area contributed by atoms with Crippen LogP contribution in [-0.2, 0) is 23.0 Å². The van der Waals surface area contributed by atoms with Gasteiger partial charge >= 0.3 is 5.97 Å². The number of hydrogen-bond donors (Lipinski definition) is 0. The van der Waals surface area contributed by atoms with Crippen molar-refractivity contribution >= 4 is 39.1 Å². The third-order valence-electron chi connectivity index (χ3n) is 3.56. The lowest BCUT2D eigenvalue weighted by Gasteiger charge is -2.10. The van der Waals surface area contributed by atoms with Crippen LogP contribution in [0, 0.1) is 6.92 Å². The predicted molar refractivity (Wildman–Crippen MR) is 90.8 cm³/mol. The summed E-state index contributed by atoms with van der Waals surface area (Å²) < 4.78 is 8.13. The van der Waals surface area contributed by atoms with Gasteiger partial charge in [0.1, 0.15) is 10.2 Å². The van der Waals surface area contributed by atoms with Crippen molar-refractivity contribution in [1.82, 2.24) is 14.8 Å². The van der Waals surface area contributed by atoms with Gasteiger partial charge in [0.25, 0.3) is 0 Å². The van der Waals surface area contributed by atoms with Gasteiger partial charge in [-0.25, -0.2) is 4.98 Å². The molecule has 0 radical (unpaired) electrons. The largest absolute Gasteiger partial charge is 0.455 e. The third-order valence-corrected chi connectivity index (χ3v) is 5.23. The number of thiazole rings is 1. The highest BCUT2D eigenvalue weighted by molar-refractivity contribution is 7.18. The van der Waals surface area contributed by atoms with Crippen LogP contribution < -0.4 is 0 Å². The molecule has 1 atom stereocenters. The molecular formula is C16H16ClN3O2S. The van der Waals surface area contributed by atoms with Gasteiger partial charge in [0.15, 0.2) is 6.10 Å². The molecule has 120 valence electrons. The zero-order chi connectivity index (χ0) is 16.6. The SMILES string of the molecule is Cc1nn(C)c(Cl)c1CC(=O)O[C@@H](C)c1nc2ccccc2s1. The first-order valence-electron chi connectivity index (χ1n) is 7.18. The fourth-order valence-corrected chi connectivity index (χ4v) is 3.56. The number of hydrogen-bond acceptors (Lipinski definition) is 5. The molecule has 0 aliphatic heterocycles. The molecule has 0 unspecified atom stereocenters. The van der Waals surface area contributed by atoms with Crippen LogP contribution in [0.1, 0.15) is 29.3 Å². The molecular weight excluding hydrogens is 334 g/mol. The minimum Gasteiger partial charge on any atom is -0.455 e. The maximum absolute atomic E-state index is 12.2. The first-order valence-corrected chi connectivity index (χ1v) is 8.38. The van der Waals surface area contributed by atoms with Gasteiger partial charge in [-0.15, -0.1) is 11.3 Å². The maximum Gasteiger partial charge on any atom is 0.311 e. The Hall–Kier alpha value is -1.92. The van der Waals surface area contributed by atoms with Crippen molar-refractivity contribution in [3.63, 3.8) is 0 Å². The number of ether oxygens (including phenoxy) is 1. The van der Waals surface area contributed by atoms with Crippen LogP contribution in [0.2, 0.25) is 5.15 Å². The van der Waals surface area contributed by atoms with Crippen molar-refractivity contribution in [2.75, 3.05) is 0 Å². The molecule has 0 saturated carbocycles. The van der Waals surface area contributed by atoms with E-state index in [1.165, 1.54) is 11.3 Å². The van der Waals surface area contributed by atoms with E-state index in [9.17, 15) is 4.79 Å². The summed E-state index contributed by atoms with van der Waals surface area (Å²) >= 11 is 7.68. The van der Waals surface area contributed by atoms with Gasteiger partial charge in [0.05, 0.1) is 22.3 Å². The van der Waals surface area contributed by atoms with E-state index in [-0.39, 0.29) is 12.4 Å². The summed E-state index contributed by atoms with van der Waals surface area (Å²) in [6.45, 7) is 3.65. The molecule has 0 aliphatic rings. The number of benzene rings is 1. The van der Waals surface area contributed by atoms with Crippen LogP contribution in [0.4, 0.5) is 0 Å². The summed E-state index contributed by atoms with van der Waals surface area (Å²) in [5.74, 6) is -0.338. The maximum atomic E-state index is 12.2. The molecule has 2 aromatic heterocycles. The molecule has 3 rings (SSSR count). The van der Waals surface area contributed by atoms with E-state index in [0.717, 1.165) is 20.9 Å². The van der Waals surface area contributed by atoms with Crippen LogP contribution in [-0.4, -0.2) is 20.7 Å². The van der Waals surface area contributed by atoms with Crippen molar-refractivity contribution < 1.29 is 9.53 Å². The summed E-state index contributed by atoms with van der Waals surface area (Å²) in [4.78, 5) is 16.7. The number of aromatic nitrogens is 3. The topological polar surface area (TPSA) is 57.0 Å². The van der Waals surface area contributed by atoms with Crippen LogP contribution in [0.5, 0.6) is 0 Å². The number of carbonyl (C=O) groups excluding carboxylic acids is 1. The van der Waals surface area contributed by atoms with E-state index in [1.807, 2.05) is 38.1 Å². The second-order valence-corrected chi connectivity index (χ2v) is 6.73. The van der Waals surface area contributed by atoms with Crippen molar-refractivity contribution in [3.8, 4) is 0 Å². The zero-order valence-corrected chi connectivity index (χ0v) is 14.6. The first-order chi connectivity index (χ1) is 11.0. The van der Waals surface area contributed by atoms with Gasteiger partial charge < -0.3 is 4.74 Å². The lowest BCUT2D eigenvalue weighted by molar-refractivity contribution is -0.147. The summed E-state index contributed by atoms with van der Waals surface area (Å²) in [5.41, 5.74) is 2.36. The standard InChI is InChI=1S/C16H16ClN3O2S/c1-9-11(15(17)20(3)19-9)8-14(21)22-10(2)16-18-12-6-4-5-7-13(12)23-16/h4-7,10H,8H2,1-3H3/t10-/m0/s1. The Balaban J connectivity index is 1.72. The quantitative estimate of drug-likeness (QED) is 0.671. The normalized spacial score (nSPS) is 12.5. The number of rotatable bonds is 4. The smallest absolute Gasteiger partial charge is 0.311 e. The van der Waals surface area contributed by atoms with Crippen LogP contribution >= 0.6 is 22.9 Å². The first kappa shape index (κ1) is 16.0. The van der Waals surface area contributed by atoms with E-state index in [0.29, 0.717) is 10.7 Å². The van der Waals surface area contributed by atoms with Gasteiger partial charge in [0, 0.05) is 12.6 Å². The molecule has 0 amide bonds. The average molecular weight is 350 g/mol. The minimum atomic E-state index is -0.393. The number of carbonyl (C=O) groups is 1. The molecule has 0 N–H and O–H groups in total. The number of aryl methyl sites for hydroxylation is 2. The Morgan fingerprint density at radius 1 is 1.43 bits per heavy atom. The van der Waals surface area contributed by atoms with E-state index in [4.69, 9.17) is 16.3 Å². The van der Waals surface area contributed by atoms with Gasteiger partial charge in [-0.3, -0.25) is 9.48 Å². The second-order valence-electron chi connectivity index (χ2n) is 5.31. The predicted octanol–water partition coefficient (Wildman–Crippen LogP) is 3.84. The molecule has 0 spiro atoms. The summed E-state index contributed by atoms with van der Waals surface area (Å²) in [6.07, 6.45) is -0.288. The van der Waals surface area contributed by atoms with E-state index < -0.39 is 6.10 Å². The van der Waals surface area contributed by atoms with Gasteiger partial charge in [0.2, 0.25) is 0 Å². The molecule has 23 heavy (non-hydrogen) atoms. The molecule has 7 heteroatoms. The third kappa shape index (κ3) is 3.23. The summed E-state index contributed by atoms with van der Waals surface area (Å²) in [5, 5.41) is 5.45.